The second kappa shape index (κ2) is 3.82. The van der Waals surface area contributed by atoms with Gasteiger partial charge in [-0.05, 0) is 29.8 Å². The zero-order chi connectivity index (χ0) is 11.8. The molecule has 0 aliphatic carbocycles. The Hall–Kier alpha value is -1.94. The van der Waals surface area contributed by atoms with Gasteiger partial charge in [-0.25, -0.2) is 0 Å². The van der Waals surface area contributed by atoms with Crippen molar-refractivity contribution in [3.05, 3.63) is 54.1 Å². The molecule has 3 heterocycles. The van der Waals surface area contributed by atoms with Gasteiger partial charge in [0.15, 0.2) is 5.78 Å². The lowest BCUT2D eigenvalue weighted by molar-refractivity contribution is 0.0697. The monoisotopic (exact) mass is 228 g/mol. The number of hydrogen-bond donors (Lipinski definition) is 1. The number of aliphatic hydroxyl groups excluding tert-OH is 1. The van der Waals surface area contributed by atoms with Gasteiger partial charge in [0.05, 0.1) is 17.7 Å². The minimum atomic E-state index is -0.759. The molecule has 0 bridgehead atoms. The van der Waals surface area contributed by atoms with E-state index in [1.54, 1.807) is 30.6 Å². The van der Waals surface area contributed by atoms with Crippen LogP contribution >= 0.6 is 0 Å². The van der Waals surface area contributed by atoms with Crippen LogP contribution < -0.4 is 0 Å². The van der Waals surface area contributed by atoms with Crippen molar-refractivity contribution in [1.82, 2.24) is 9.55 Å². The number of ketones is 1. The molecule has 17 heavy (non-hydrogen) atoms. The predicted molar refractivity (Wildman–Crippen MR) is 61.4 cm³/mol. The number of rotatable bonds is 2. The van der Waals surface area contributed by atoms with Crippen molar-refractivity contribution in [3.63, 3.8) is 0 Å². The summed E-state index contributed by atoms with van der Waals surface area (Å²) in [4.78, 5) is 16.0. The number of aromatic nitrogens is 2. The quantitative estimate of drug-likeness (QED) is 0.846. The summed E-state index contributed by atoms with van der Waals surface area (Å²) < 4.78 is 1.89. The van der Waals surface area contributed by atoms with E-state index in [1.807, 2.05) is 16.8 Å². The van der Waals surface area contributed by atoms with Crippen LogP contribution in [-0.2, 0) is 6.54 Å². The van der Waals surface area contributed by atoms with Crippen molar-refractivity contribution in [2.24, 2.45) is 5.92 Å². The van der Waals surface area contributed by atoms with E-state index < -0.39 is 6.10 Å². The van der Waals surface area contributed by atoms with Crippen LogP contribution in [0.1, 0.15) is 22.2 Å². The topological polar surface area (TPSA) is 55.1 Å². The Bertz CT molecular complexity index is 548. The maximum atomic E-state index is 12.1. The van der Waals surface area contributed by atoms with E-state index >= 15 is 0 Å². The highest BCUT2D eigenvalue weighted by Gasteiger charge is 2.35. The van der Waals surface area contributed by atoms with E-state index in [4.69, 9.17) is 0 Å². The summed E-state index contributed by atoms with van der Waals surface area (Å²) in [5, 5.41) is 10.2. The van der Waals surface area contributed by atoms with Gasteiger partial charge >= 0.3 is 0 Å². The van der Waals surface area contributed by atoms with Crippen LogP contribution in [0.2, 0.25) is 0 Å². The summed E-state index contributed by atoms with van der Waals surface area (Å²) in [6.45, 7) is 0.546. The van der Waals surface area contributed by atoms with Gasteiger partial charge in [0, 0.05) is 25.1 Å². The van der Waals surface area contributed by atoms with Crippen LogP contribution in [0.4, 0.5) is 0 Å². The predicted octanol–water partition coefficient (Wildman–Crippen LogP) is 1.43. The Morgan fingerprint density at radius 2 is 2.12 bits per heavy atom. The van der Waals surface area contributed by atoms with Crippen molar-refractivity contribution in [2.45, 2.75) is 12.6 Å². The second-order valence-corrected chi connectivity index (χ2v) is 4.24. The second-order valence-electron chi connectivity index (χ2n) is 4.24. The molecule has 1 aliphatic heterocycles. The first-order valence-electron chi connectivity index (χ1n) is 5.55. The van der Waals surface area contributed by atoms with Gasteiger partial charge in [-0.3, -0.25) is 9.78 Å². The van der Waals surface area contributed by atoms with Gasteiger partial charge in [-0.1, -0.05) is 0 Å². The molecule has 0 saturated carbocycles. The molecule has 0 unspecified atom stereocenters. The van der Waals surface area contributed by atoms with Crippen molar-refractivity contribution in [3.8, 4) is 0 Å². The first-order chi connectivity index (χ1) is 8.27. The summed E-state index contributed by atoms with van der Waals surface area (Å²) in [5.74, 6) is -0.368. The summed E-state index contributed by atoms with van der Waals surface area (Å²) in [6.07, 6.45) is 4.36. The number of fused-ring (bicyclic) bond motifs is 1. The van der Waals surface area contributed by atoms with Crippen LogP contribution in [0.15, 0.2) is 42.9 Å². The van der Waals surface area contributed by atoms with Crippen molar-refractivity contribution in [2.75, 3.05) is 0 Å². The molecular weight excluding hydrogens is 216 g/mol. The van der Waals surface area contributed by atoms with E-state index in [1.165, 1.54) is 0 Å². The highest BCUT2D eigenvalue weighted by molar-refractivity contribution is 5.98. The number of carbonyl (C=O) groups excluding carboxylic acids is 1. The number of hydrogen-bond acceptors (Lipinski definition) is 3. The largest absolute Gasteiger partial charge is 0.388 e. The van der Waals surface area contributed by atoms with E-state index in [0.29, 0.717) is 12.2 Å². The first kappa shape index (κ1) is 10.2. The molecule has 0 spiro atoms. The molecule has 4 heteroatoms. The summed E-state index contributed by atoms with van der Waals surface area (Å²) in [6, 6.07) is 7.13. The van der Waals surface area contributed by atoms with E-state index in [0.717, 1.165) is 5.56 Å². The maximum absolute atomic E-state index is 12.1. The molecule has 0 saturated heterocycles. The average molecular weight is 228 g/mol. The molecule has 2 atom stereocenters. The number of pyridine rings is 1. The van der Waals surface area contributed by atoms with Crippen LogP contribution in [0.5, 0.6) is 0 Å². The van der Waals surface area contributed by atoms with E-state index in [2.05, 4.69) is 4.98 Å². The molecule has 0 fully saturated rings. The Balaban J connectivity index is 1.88. The zero-order valence-electron chi connectivity index (χ0n) is 9.15. The SMILES string of the molecule is O=C1c2cccn2C[C@H]1[C@H](O)c1ccncc1. The van der Waals surface area contributed by atoms with Gasteiger partial charge in [0.2, 0.25) is 0 Å². The van der Waals surface area contributed by atoms with E-state index in [9.17, 15) is 9.90 Å². The third kappa shape index (κ3) is 1.57. The number of nitrogens with zero attached hydrogens (tertiary/aromatic N) is 2. The number of Topliss-reactive ketones (excluding diaryl/α,β-unsaturated/α-hetero) is 1. The van der Waals surface area contributed by atoms with Crippen LogP contribution in [0.3, 0.4) is 0 Å². The summed E-state index contributed by atoms with van der Waals surface area (Å²) >= 11 is 0. The average Bonchev–Trinajstić information content (AvgIpc) is 2.93. The molecule has 3 rings (SSSR count). The van der Waals surface area contributed by atoms with Crippen molar-refractivity contribution < 1.29 is 9.90 Å². The molecule has 1 N–H and O–H groups in total. The zero-order valence-corrected chi connectivity index (χ0v) is 9.15. The fourth-order valence-corrected chi connectivity index (χ4v) is 2.32. The van der Waals surface area contributed by atoms with Crippen molar-refractivity contribution >= 4 is 5.78 Å². The molecule has 0 radical (unpaired) electrons. The molecule has 4 nitrogen and oxygen atoms in total. The van der Waals surface area contributed by atoms with Gasteiger partial charge in [0.25, 0.3) is 0 Å². The van der Waals surface area contributed by atoms with Crippen LogP contribution in [-0.4, -0.2) is 20.4 Å². The summed E-state index contributed by atoms with van der Waals surface area (Å²) in [5.41, 5.74) is 1.42. The highest BCUT2D eigenvalue weighted by Crippen LogP contribution is 2.31. The van der Waals surface area contributed by atoms with Crippen LogP contribution in [0, 0.1) is 5.92 Å². The Morgan fingerprint density at radius 3 is 2.82 bits per heavy atom. The van der Waals surface area contributed by atoms with E-state index in [-0.39, 0.29) is 11.7 Å². The smallest absolute Gasteiger partial charge is 0.187 e. The lowest BCUT2D eigenvalue weighted by Crippen LogP contribution is -2.19. The highest BCUT2D eigenvalue weighted by atomic mass is 16.3. The van der Waals surface area contributed by atoms with Gasteiger partial charge in [0.1, 0.15) is 0 Å². The molecule has 86 valence electrons. The Labute approximate surface area is 98.5 Å². The third-order valence-electron chi connectivity index (χ3n) is 3.24. The minimum Gasteiger partial charge on any atom is -0.388 e. The Morgan fingerprint density at radius 1 is 1.35 bits per heavy atom. The molecule has 1 aliphatic rings. The molecular formula is C13H12N2O2. The minimum absolute atomic E-state index is 0.0133. The van der Waals surface area contributed by atoms with Gasteiger partial charge in [-0.2, -0.15) is 0 Å². The number of carbonyl (C=O) groups is 1. The standard InChI is InChI=1S/C13H12N2O2/c16-12(9-3-5-14-6-4-9)10-8-15-7-1-2-11(15)13(10)17/h1-7,10,12,16H,8H2/t10-,12+/m0/s1. The first-order valence-corrected chi connectivity index (χ1v) is 5.55. The molecule has 0 aromatic carbocycles. The Kier molecular flexibility index (Phi) is 2.30. The fraction of sp³-hybridized carbons (Fsp3) is 0.231. The molecule has 2 aromatic heterocycles. The lowest BCUT2D eigenvalue weighted by Gasteiger charge is -2.16. The molecule has 2 aromatic rings. The van der Waals surface area contributed by atoms with Crippen molar-refractivity contribution in [1.29, 1.82) is 0 Å². The molecule has 0 amide bonds. The maximum Gasteiger partial charge on any atom is 0.187 e. The van der Waals surface area contributed by atoms with Gasteiger partial charge in [-0.15, -0.1) is 0 Å². The number of aliphatic hydroxyl groups is 1. The van der Waals surface area contributed by atoms with Gasteiger partial charge < -0.3 is 9.67 Å². The fourth-order valence-electron chi connectivity index (χ4n) is 2.32. The lowest BCUT2D eigenvalue weighted by atomic mass is 9.93. The summed E-state index contributed by atoms with van der Waals surface area (Å²) in [7, 11) is 0. The third-order valence-corrected chi connectivity index (χ3v) is 3.24. The normalized spacial score (nSPS) is 20.3. The van der Waals surface area contributed by atoms with Crippen LogP contribution in [0.25, 0.3) is 0 Å².